The average Bonchev–Trinajstić information content (AvgIpc) is 2.68. The molecule has 3 heterocycles. The minimum atomic E-state index is -0.370. The van der Waals surface area contributed by atoms with E-state index in [1.54, 1.807) is 17.1 Å². The predicted molar refractivity (Wildman–Crippen MR) is 68.4 cm³/mol. The number of aryl methyl sites for hydroxylation is 2. The number of imide groups is 1. The molecule has 0 saturated carbocycles. The van der Waals surface area contributed by atoms with Gasteiger partial charge in [0.15, 0.2) is 0 Å². The maximum atomic E-state index is 11.9. The minimum Gasteiger partial charge on any atom is -0.296 e. The van der Waals surface area contributed by atoms with Crippen LogP contribution >= 0.6 is 0 Å². The van der Waals surface area contributed by atoms with E-state index in [1.807, 2.05) is 14.0 Å². The van der Waals surface area contributed by atoms with E-state index in [0.717, 1.165) is 16.5 Å². The molecular formula is C13H14N4O2. The molecule has 2 aromatic rings. The van der Waals surface area contributed by atoms with Gasteiger partial charge in [0.2, 0.25) is 11.8 Å². The number of carbonyl (C=O) groups excluding carboxylic acids is 2. The summed E-state index contributed by atoms with van der Waals surface area (Å²) in [7, 11) is 1.85. The van der Waals surface area contributed by atoms with Crippen LogP contribution in [0.4, 0.5) is 0 Å². The first-order chi connectivity index (χ1) is 9.08. The Bertz CT molecular complexity index is 689. The molecule has 1 N–H and O–H groups in total. The second-order valence-corrected chi connectivity index (χ2v) is 4.87. The van der Waals surface area contributed by atoms with Gasteiger partial charge in [0, 0.05) is 31.2 Å². The van der Waals surface area contributed by atoms with Gasteiger partial charge >= 0.3 is 0 Å². The summed E-state index contributed by atoms with van der Waals surface area (Å²) in [5, 5.41) is 7.71. The summed E-state index contributed by atoms with van der Waals surface area (Å²) in [6.07, 6.45) is 4.37. The average molecular weight is 258 g/mol. The molecule has 1 aliphatic rings. The quantitative estimate of drug-likeness (QED) is 0.767. The molecule has 98 valence electrons. The van der Waals surface area contributed by atoms with Crippen molar-refractivity contribution >= 4 is 22.7 Å². The van der Waals surface area contributed by atoms with Gasteiger partial charge in [-0.3, -0.25) is 24.6 Å². The van der Waals surface area contributed by atoms with Gasteiger partial charge in [-0.15, -0.1) is 0 Å². The summed E-state index contributed by atoms with van der Waals surface area (Å²) in [4.78, 5) is 27.3. The number of hydrogen-bond donors (Lipinski definition) is 1. The summed E-state index contributed by atoms with van der Waals surface area (Å²) in [6.45, 7) is 1.96. The molecule has 1 unspecified atom stereocenters. The van der Waals surface area contributed by atoms with Gasteiger partial charge < -0.3 is 0 Å². The monoisotopic (exact) mass is 258 g/mol. The number of rotatable bonds is 1. The molecule has 0 aromatic carbocycles. The second-order valence-electron chi connectivity index (χ2n) is 4.87. The third kappa shape index (κ3) is 1.80. The first kappa shape index (κ1) is 11.8. The Morgan fingerprint density at radius 1 is 1.37 bits per heavy atom. The van der Waals surface area contributed by atoms with Gasteiger partial charge in [0.25, 0.3) is 0 Å². The summed E-state index contributed by atoms with van der Waals surface area (Å²) in [5.74, 6) is -0.849. The smallest absolute Gasteiger partial charge is 0.235 e. The van der Waals surface area contributed by atoms with Crippen molar-refractivity contribution in [2.45, 2.75) is 25.7 Å². The second kappa shape index (κ2) is 4.15. The number of hydrogen-bond acceptors (Lipinski definition) is 4. The number of piperidine rings is 1. The Labute approximate surface area is 109 Å². The highest BCUT2D eigenvalue weighted by molar-refractivity contribution is 6.02. The van der Waals surface area contributed by atoms with Crippen molar-refractivity contribution in [1.82, 2.24) is 20.1 Å². The number of aromatic nitrogens is 3. The number of nitrogens with one attached hydrogen (secondary N) is 1. The first-order valence-electron chi connectivity index (χ1n) is 6.19. The fraction of sp³-hybridized carbons (Fsp3) is 0.385. The molecular weight excluding hydrogens is 244 g/mol. The summed E-state index contributed by atoms with van der Waals surface area (Å²) >= 11 is 0. The van der Waals surface area contributed by atoms with Crippen LogP contribution in [-0.2, 0) is 16.6 Å². The largest absolute Gasteiger partial charge is 0.296 e. The van der Waals surface area contributed by atoms with E-state index in [9.17, 15) is 9.59 Å². The maximum Gasteiger partial charge on any atom is 0.235 e. The highest BCUT2D eigenvalue weighted by atomic mass is 16.2. The number of nitrogens with zero attached hydrogens (tertiary/aromatic N) is 3. The van der Waals surface area contributed by atoms with Crippen LogP contribution in [0.3, 0.4) is 0 Å². The van der Waals surface area contributed by atoms with Crippen molar-refractivity contribution in [2.24, 2.45) is 7.05 Å². The Morgan fingerprint density at radius 2 is 2.16 bits per heavy atom. The van der Waals surface area contributed by atoms with E-state index in [0.29, 0.717) is 18.5 Å². The lowest BCUT2D eigenvalue weighted by Crippen LogP contribution is -2.39. The molecule has 1 atom stereocenters. The van der Waals surface area contributed by atoms with Crippen molar-refractivity contribution in [3.8, 4) is 0 Å². The Hall–Kier alpha value is -2.24. The van der Waals surface area contributed by atoms with Gasteiger partial charge in [-0.2, -0.15) is 5.10 Å². The van der Waals surface area contributed by atoms with Crippen LogP contribution in [0.2, 0.25) is 0 Å². The van der Waals surface area contributed by atoms with Crippen LogP contribution in [0.25, 0.3) is 10.9 Å². The molecule has 1 fully saturated rings. The molecule has 19 heavy (non-hydrogen) atoms. The Balaban J connectivity index is 2.13. The van der Waals surface area contributed by atoms with Gasteiger partial charge in [-0.1, -0.05) is 0 Å². The zero-order valence-electron chi connectivity index (χ0n) is 10.8. The zero-order valence-corrected chi connectivity index (χ0v) is 10.8. The maximum absolute atomic E-state index is 11.9. The van der Waals surface area contributed by atoms with Crippen molar-refractivity contribution in [1.29, 1.82) is 0 Å². The Morgan fingerprint density at radius 3 is 2.89 bits per heavy atom. The molecule has 2 amide bonds. The normalized spacial score (nSPS) is 19.8. The third-order valence-electron chi connectivity index (χ3n) is 3.53. The van der Waals surface area contributed by atoms with Crippen molar-refractivity contribution < 1.29 is 9.59 Å². The summed E-state index contributed by atoms with van der Waals surface area (Å²) in [6, 6.07) is 0. The molecule has 0 bridgehead atoms. The van der Waals surface area contributed by atoms with Crippen LogP contribution in [0.1, 0.15) is 30.0 Å². The van der Waals surface area contributed by atoms with E-state index in [4.69, 9.17) is 0 Å². The lowest BCUT2D eigenvalue weighted by molar-refractivity contribution is -0.134. The van der Waals surface area contributed by atoms with E-state index in [1.165, 1.54) is 0 Å². The minimum absolute atomic E-state index is 0.212. The van der Waals surface area contributed by atoms with Gasteiger partial charge in [-0.25, -0.2) is 0 Å². The molecule has 6 nitrogen and oxygen atoms in total. The van der Waals surface area contributed by atoms with E-state index in [-0.39, 0.29) is 17.7 Å². The summed E-state index contributed by atoms with van der Waals surface area (Å²) in [5.41, 5.74) is 2.71. The molecule has 0 radical (unpaired) electrons. The molecule has 1 saturated heterocycles. The molecule has 6 heteroatoms. The van der Waals surface area contributed by atoms with Crippen molar-refractivity contribution in [3.63, 3.8) is 0 Å². The molecule has 0 aliphatic carbocycles. The van der Waals surface area contributed by atoms with E-state index in [2.05, 4.69) is 15.4 Å². The van der Waals surface area contributed by atoms with E-state index < -0.39 is 0 Å². The number of carbonyl (C=O) groups is 2. The van der Waals surface area contributed by atoms with E-state index >= 15 is 0 Å². The van der Waals surface area contributed by atoms with Crippen LogP contribution in [0, 0.1) is 6.92 Å². The molecule has 2 aromatic heterocycles. The van der Waals surface area contributed by atoms with Crippen LogP contribution in [0.5, 0.6) is 0 Å². The highest BCUT2D eigenvalue weighted by Gasteiger charge is 2.31. The van der Waals surface area contributed by atoms with Crippen LogP contribution < -0.4 is 5.32 Å². The van der Waals surface area contributed by atoms with Crippen molar-refractivity contribution in [3.05, 3.63) is 23.7 Å². The fourth-order valence-electron chi connectivity index (χ4n) is 2.65. The van der Waals surface area contributed by atoms with Crippen LogP contribution in [-0.4, -0.2) is 26.6 Å². The number of fused-ring (bicyclic) bond motifs is 1. The topological polar surface area (TPSA) is 76.9 Å². The predicted octanol–water partition coefficient (Wildman–Crippen LogP) is 0.797. The highest BCUT2D eigenvalue weighted by Crippen LogP contribution is 2.30. The Kier molecular flexibility index (Phi) is 2.58. The summed E-state index contributed by atoms with van der Waals surface area (Å²) < 4.78 is 1.77. The lowest BCUT2D eigenvalue weighted by Gasteiger charge is -2.19. The number of pyridine rings is 1. The lowest BCUT2D eigenvalue weighted by atomic mass is 9.93. The number of amides is 2. The molecule has 0 spiro atoms. The SMILES string of the molecule is Cc1cncc2c(C3CCC(=O)NC3=O)nn(C)c12. The molecule has 3 rings (SSSR count). The van der Waals surface area contributed by atoms with Gasteiger partial charge in [0.1, 0.15) is 0 Å². The van der Waals surface area contributed by atoms with Gasteiger partial charge in [0.05, 0.1) is 17.1 Å². The fourth-order valence-corrected chi connectivity index (χ4v) is 2.65. The van der Waals surface area contributed by atoms with Crippen molar-refractivity contribution in [2.75, 3.05) is 0 Å². The molecule has 1 aliphatic heterocycles. The van der Waals surface area contributed by atoms with Crippen LogP contribution in [0.15, 0.2) is 12.4 Å². The van der Waals surface area contributed by atoms with Gasteiger partial charge in [-0.05, 0) is 18.9 Å². The zero-order chi connectivity index (χ0) is 13.6. The third-order valence-corrected chi connectivity index (χ3v) is 3.53. The standard InChI is InChI=1S/C13H14N4O2/c1-7-5-14-6-9-11(16-17(2)12(7)9)8-3-4-10(18)15-13(8)19/h5-6,8H,3-4H2,1-2H3,(H,15,18,19). The first-order valence-corrected chi connectivity index (χ1v) is 6.19.